The molecule has 1 aliphatic heterocycles. The highest BCUT2D eigenvalue weighted by Crippen LogP contribution is 2.29. The Morgan fingerprint density at radius 2 is 1.88 bits per heavy atom. The lowest BCUT2D eigenvalue weighted by molar-refractivity contribution is 0.0950. The first kappa shape index (κ1) is 17.9. The van der Waals surface area contributed by atoms with Gasteiger partial charge in [0.15, 0.2) is 0 Å². The van der Waals surface area contributed by atoms with E-state index in [0.29, 0.717) is 12.6 Å². The maximum Gasteiger partial charge on any atom is 0.0704 e. The molecular weight excluding hydrogens is 296 g/mol. The summed E-state index contributed by atoms with van der Waals surface area (Å²) in [4.78, 5) is 2.73. The maximum absolute atomic E-state index is 10.2. The number of nitrogens with one attached hydrogen (secondary N) is 1. The van der Waals surface area contributed by atoms with Gasteiger partial charge in [-0.2, -0.15) is 0 Å². The molecule has 0 bridgehead atoms. The maximum atomic E-state index is 10.2. The number of rotatable bonds is 6. The molecule has 0 radical (unpaired) electrons. The SMILES string of the molecule is CC1CCCC(N2CCC(NCC(O)Cc3ccccc3)CC2)C1. The summed E-state index contributed by atoms with van der Waals surface area (Å²) < 4.78 is 0. The summed E-state index contributed by atoms with van der Waals surface area (Å²) >= 11 is 0. The van der Waals surface area contributed by atoms with Crippen molar-refractivity contribution < 1.29 is 5.11 Å². The molecule has 1 heterocycles. The highest BCUT2D eigenvalue weighted by atomic mass is 16.3. The highest BCUT2D eigenvalue weighted by Gasteiger charge is 2.28. The molecule has 1 aliphatic carbocycles. The van der Waals surface area contributed by atoms with E-state index in [1.54, 1.807) is 0 Å². The standard InChI is InChI=1S/C21H34N2O/c1-17-6-5-9-20(14-17)23-12-10-19(11-13-23)22-16-21(24)15-18-7-3-2-4-8-18/h2-4,7-8,17,19-22,24H,5-6,9-16H2,1H3. The molecule has 1 saturated carbocycles. The Balaban J connectivity index is 1.35. The molecule has 3 rings (SSSR count). The van der Waals surface area contributed by atoms with Gasteiger partial charge in [-0.15, -0.1) is 0 Å². The van der Waals surface area contributed by atoms with Crippen molar-refractivity contribution in [3.8, 4) is 0 Å². The number of piperidine rings is 1. The van der Waals surface area contributed by atoms with Gasteiger partial charge >= 0.3 is 0 Å². The molecule has 2 N–H and O–H groups in total. The minimum Gasteiger partial charge on any atom is -0.391 e. The summed E-state index contributed by atoms with van der Waals surface area (Å²) in [6.45, 7) is 5.57. The van der Waals surface area contributed by atoms with Gasteiger partial charge in [-0.25, -0.2) is 0 Å². The minimum atomic E-state index is -0.287. The van der Waals surface area contributed by atoms with Crippen molar-refractivity contribution >= 4 is 0 Å². The van der Waals surface area contributed by atoms with Crippen LogP contribution in [0.25, 0.3) is 0 Å². The van der Waals surface area contributed by atoms with Crippen molar-refractivity contribution in [2.45, 2.75) is 70.1 Å². The zero-order valence-corrected chi connectivity index (χ0v) is 15.2. The molecule has 3 unspecified atom stereocenters. The average molecular weight is 331 g/mol. The lowest BCUT2D eigenvalue weighted by Gasteiger charge is -2.41. The molecule has 3 nitrogen and oxygen atoms in total. The van der Waals surface area contributed by atoms with Crippen LogP contribution in [-0.4, -0.2) is 47.8 Å². The van der Waals surface area contributed by atoms with Crippen LogP contribution in [0.15, 0.2) is 30.3 Å². The van der Waals surface area contributed by atoms with E-state index in [9.17, 15) is 5.11 Å². The van der Waals surface area contributed by atoms with Crippen molar-refractivity contribution in [1.82, 2.24) is 10.2 Å². The summed E-state index contributed by atoms with van der Waals surface area (Å²) in [5, 5.41) is 13.8. The van der Waals surface area contributed by atoms with Gasteiger partial charge in [-0.3, -0.25) is 0 Å². The Kier molecular flexibility index (Phi) is 6.70. The second kappa shape index (κ2) is 8.98. The van der Waals surface area contributed by atoms with E-state index >= 15 is 0 Å². The minimum absolute atomic E-state index is 0.287. The fraction of sp³-hybridized carbons (Fsp3) is 0.714. The molecule has 0 aromatic heterocycles. The van der Waals surface area contributed by atoms with Crippen LogP contribution in [0, 0.1) is 5.92 Å². The number of nitrogens with zero attached hydrogens (tertiary/aromatic N) is 1. The van der Waals surface area contributed by atoms with Crippen LogP contribution in [0.4, 0.5) is 0 Å². The van der Waals surface area contributed by atoms with Crippen molar-refractivity contribution in [3.63, 3.8) is 0 Å². The molecule has 2 aliphatic rings. The fourth-order valence-corrected chi connectivity index (χ4v) is 4.46. The molecule has 0 spiro atoms. The van der Waals surface area contributed by atoms with Crippen molar-refractivity contribution in [2.75, 3.05) is 19.6 Å². The first-order valence-corrected chi connectivity index (χ1v) is 9.90. The smallest absolute Gasteiger partial charge is 0.0704 e. The zero-order chi connectivity index (χ0) is 16.8. The van der Waals surface area contributed by atoms with Gasteiger partial charge in [0.05, 0.1) is 6.10 Å². The topological polar surface area (TPSA) is 35.5 Å². The molecule has 1 aromatic carbocycles. The van der Waals surface area contributed by atoms with Crippen molar-refractivity contribution in [1.29, 1.82) is 0 Å². The fourth-order valence-electron chi connectivity index (χ4n) is 4.46. The Hall–Kier alpha value is -0.900. The second-order valence-corrected chi connectivity index (χ2v) is 7.99. The van der Waals surface area contributed by atoms with Gasteiger partial charge in [-0.05, 0) is 56.7 Å². The number of hydrogen-bond donors (Lipinski definition) is 2. The average Bonchev–Trinajstić information content (AvgIpc) is 2.61. The highest BCUT2D eigenvalue weighted by molar-refractivity contribution is 5.15. The van der Waals surface area contributed by atoms with E-state index in [4.69, 9.17) is 0 Å². The van der Waals surface area contributed by atoms with E-state index in [0.717, 1.165) is 18.4 Å². The van der Waals surface area contributed by atoms with E-state index in [1.807, 2.05) is 18.2 Å². The summed E-state index contributed by atoms with van der Waals surface area (Å²) in [6, 6.07) is 11.7. The molecule has 1 saturated heterocycles. The largest absolute Gasteiger partial charge is 0.391 e. The predicted molar refractivity (Wildman–Crippen MR) is 100 cm³/mol. The Morgan fingerprint density at radius 3 is 2.58 bits per heavy atom. The van der Waals surface area contributed by atoms with Crippen LogP contribution in [0.3, 0.4) is 0 Å². The van der Waals surface area contributed by atoms with Crippen molar-refractivity contribution in [3.05, 3.63) is 35.9 Å². The quantitative estimate of drug-likeness (QED) is 0.841. The van der Waals surface area contributed by atoms with E-state index in [2.05, 4.69) is 29.3 Å². The molecule has 1 aromatic rings. The number of aliphatic hydroxyl groups is 1. The lowest BCUT2D eigenvalue weighted by atomic mass is 9.85. The second-order valence-electron chi connectivity index (χ2n) is 7.99. The number of hydrogen-bond acceptors (Lipinski definition) is 3. The van der Waals surface area contributed by atoms with Gasteiger partial charge in [0, 0.05) is 18.6 Å². The normalized spacial score (nSPS) is 27.9. The van der Waals surface area contributed by atoms with Crippen LogP contribution in [-0.2, 0) is 6.42 Å². The van der Waals surface area contributed by atoms with Crippen LogP contribution >= 0.6 is 0 Å². The van der Waals surface area contributed by atoms with Gasteiger partial charge in [-0.1, -0.05) is 50.1 Å². The zero-order valence-electron chi connectivity index (χ0n) is 15.2. The molecule has 134 valence electrons. The van der Waals surface area contributed by atoms with Crippen LogP contribution in [0.1, 0.15) is 51.0 Å². The lowest BCUT2D eigenvalue weighted by Crippen LogP contribution is -2.49. The first-order valence-electron chi connectivity index (χ1n) is 9.90. The molecule has 3 heteroatoms. The first-order chi connectivity index (χ1) is 11.7. The van der Waals surface area contributed by atoms with Crippen LogP contribution in [0.2, 0.25) is 0 Å². The molecule has 0 amide bonds. The van der Waals surface area contributed by atoms with Crippen LogP contribution in [0.5, 0.6) is 0 Å². The van der Waals surface area contributed by atoms with Crippen molar-refractivity contribution in [2.24, 2.45) is 5.92 Å². The van der Waals surface area contributed by atoms with Crippen LogP contribution < -0.4 is 5.32 Å². The summed E-state index contributed by atoms with van der Waals surface area (Å²) in [5.41, 5.74) is 1.22. The third-order valence-electron chi connectivity index (χ3n) is 5.91. The molecule has 2 fully saturated rings. The van der Waals surface area contributed by atoms with E-state index in [1.165, 1.54) is 57.2 Å². The molecular formula is C21H34N2O. The number of benzene rings is 1. The Labute approximate surface area is 147 Å². The van der Waals surface area contributed by atoms with E-state index < -0.39 is 0 Å². The monoisotopic (exact) mass is 330 g/mol. The van der Waals surface area contributed by atoms with E-state index in [-0.39, 0.29) is 6.10 Å². The number of likely N-dealkylation sites (tertiary alicyclic amines) is 1. The van der Waals surface area contributed by atoms with Gasteiger partial charge in [0.1, 0.15) is 0 Å². The third-order valence-corrected chi connectivity index (χ3v) is 5.91. The number of aliphatic hydroxyl groups excluding tert-OH is 1. The summed E-state index contributed by atoms with van der Waals surface area (Å²) in [7, 11) is 0. The van der Waals surface area contributed by atoms with Gasteiger partial charge in [0.25, 0.3) is 0 Å². The molecule has 24 heavy (non-hydrogen) atoms. The summed E-state index contributed by atoms with van der Waals surface area (Å²) in [5.74, 6) is 0.910. The Bertz CT molecular complexity index is 470. The van der Waals surface area contributed by atoms with Gasteiger partial charge < -0.3 is 15.3 Å². The Morgan fingerprint density at radius 1 is 1.12 bits per heavy atom. The predicted octanol–water partition coefficient (Wildman–Crippen LogP) is 3.22. The molecule has 3 atom stereocenters. The third kappa shape index (κ3) is 5.30. The van der Waals surface area contributed by atoms with Gasteiger partial charge in [0.2, 0.25) is 0 Å². The summed E-state index contributed by atoms with van der Waals surface area (Å²) in [6.07, 6.45) is 8.54.